The van der Waals surface area contributed by atoms with E-state index in [-0.39, 0.29) is 13.0 Å². The standard InChI is InChI=1S/C11H9BrO3/c12-10-5-4-8(6-9(10)7-13)2-1-3-11(14)15/h4-6,13H,3,7H2,(H,14,15). The average Bonchev–Trinajstić information content (AvgIpc) is 2.20. The van der Waals surface area contributed by atoms with Crippen LogP contribution in [-0.4, -0.2) is 16.2 Å². The molecule has 0 atom stereocenters. The summed E-state index contributed by atoms with van der Waals surface area (Å²) in [6.07, 6.45) is -0.176. The number of aliphatic hydroxyl groups excluding tert-OH is 1. The van der Waals surface area contributed by atoms with Crippen molar-refractivity contribution in [3.05, 3.63) is 33.8 Å². The number of hydrogen-bond donors (Lipinski definition) is 2. The maximum absolute atomic E-state index is 10.2. The van der Waals surface area contributed by atoms with Crippen LogP contribution in [0.2, 0.25) is 0 Å². The van der Waals surface area contributed by atoms with Gasteiger partial charge in [0.15, 0.2) is 0 Å². The van der Waals surface area contributed by atoms with Gasteiger partial charge in [-0.1, -0.05) is 27.8 Å². The molecule has 3 nitrogen and oxygen atoms in total. The minimum absolute atomic E-state index is 0.0744. The Morgan fingerprint density at radius 1 is 1.47 bits per heavy atom. The Labute approximate surface area is 95.9 Å². The summed E-state index contributed by atoms with van der Waals surface area (Å²) < 4.78 is 0.814. The molecule has 0 fully saturated rings. The summed E-state index contributed by atoms with van der Waals surface area (Å²) in [6.45, 7) is -0.0744. The van der Waals surface area contributed by atoms with Crippen LogP contribution in [-0.2, 0) is 11.4 Å². The summed E-state index contributed by atoms with van der Waals surface area (Å²) in [5.41, 5.74) is 1.43. The van der Waals surface area contributed by atoms with E-state index in [9.17, 15) is 4.79 Å². The van der Waals surface area contributed by atoms with Crippen LogP contribution in [0.25, 0.3) is 0 Å². The van der Waals surface area contributed by atoms with Crippen molar-refractivity contribution in [1.29, 1.82) is 0 Å². The van der Waals surface area contributed by atoms with Crippen molar-refractivity contribution in [2.45, 2.75) is 13.0 Å². The topological polar surface area (TPSA) is 57.5 Å². The molecule has 1 aromatic rings. The van der Waals surface area contributed by atoms with Gasteiger partial charge in [-0.05, 0) is 23.8 Å². The molecule has 2 N–H and O–H groups in total. The molecule has 15 heavy (non-hydrogen) atoms. The largest absolute Gasteiger partial charge is 0.481 e. The molecule has 4 heteroatoms. The third kappa shape index (κ3) is 3.74. The second-order valence-corrected chi connectivity index (χ2v) is 3.69. The Morgan fingerprint density at radius 2 is 2.20 bits per heavy atom. The lowest BCUT2D eigenvalue weighted by atomic mass is 10.1. The molecule has 0 heterocycles. The Bertz CT molecular complexity index is 429. The van der Waals surface area contributed by atoms with E-state index >= 15 is 0 Å². The van der Waals surface area contributed by atoms with Gasteiger partial charge in [0.2, 0.25) is 0 Å². The number of aliphatic carboxylic acids is 1. The summed E-state index contributed by atoms with van der Waals surface area (Å²) in [5.74, 6) is 4.30. The first-order valence-electron chi connectivity index (χ1n) is 4.23. The normalized spacial score (nSPS) is 9.20. The van der Waals surface area contributed by atoms with E-state index in [1.807, 2.05) is 0 Å². The molecule has 0 saturated carbocycles. The van der Waals surface area contributed by atoms with E-state index in [2.05, 4.69) is 27.8 Å². The van der Waals surface area contributed by atoms with Crippen LogP contribution in [0, 0.1) is 11.8 Å². The van der Waals surface area contributed by atoms with E-state index in [1.54, 1.807) is 18.2 Å². The lowest BCUT2D eigenvalue weighted by Crippen LogP contribution is -1.90. The minimum atomic E-state index is -0.943. The van der Waals surface area contributed by atoms with Crippen LogP contribution in [0.15, 0.2) is 22.7 Å². The lowest BCUT2D eigenvalue weighted by Gasteiger charge is -2.00. The number of benzene rings is 1. The van der Waals surface area contributed by atoms with E-state index in [0.29, 0.717) is 5.56 Å². The van der Waals surface area contributed by atoms with Crippen molar-refractivity contribution in [3.8, 4) is 11.8 Å². The van der Waals surface area contributed by atoms with Crippen LogP contribution < -0.4 is 0 Å². The number of hydrogen-bond acceptors (Lipinski definition) is 2. The van der Waals surface area contributed by atoms with Crippen molar-refractivity contribution in [2.75, 3.05) is 0 Å². The number of halogens is 1. The van der Waals surface area contributed by atoms with Crippen LogP contribution >= 0.6 is 15.9 Å². The van der Waals surface area contributed by atoms with Crippen LogP contribution in [0.3, 0.4) is 0 Å². The number of aliphatic hydroxyl groups is 1. The fourth-order valence-electron chi connectivity index (χ4n) is 0.996. The van der Waals surface area contributed by atoms with E-state index < -0.39 is 5.97 Å². The smallest absolute Gasteiger partial charge is 0.315 e. The molecular weight excluding hydrogens is 260 g/mol. The van der Waals surface area contributed by atoms with Crippen molar-refractivity contribution in [3.63, 3.8) is 0 Å². The molecule has 0 radical (unpaired) electrons. The highest BCUT2D eigenvalue weighted by Crippen LogP contribution is 2.17. The Hall–Kier alpha value is -1.31. The van der Waals surface area contributed by atoms with Gasteiger partial charge >= 0.3 is 5.97 Å². The van der Waals surface area contributed by atoms with Gasteiger partial charge in [-0.3, -0.25) is 4.79 Å². The quantitative estimate of drug-likeness (QED) is 0.804. The first-order valence-corrected chi connectivity index (χ1v) is 5.02. The molecule has 1 rings (SSSR count). The molecule has 0 unspecified atom stereocenters. The Balaban J connectivity index is 2.85. The van der Waals surface area contributed by atoms with E-state index in [1.165, 1.54) is 0 Å². The third-order valence-corrected chi connectivity index (χ3v) is 2.46. The summed E-state index contributed by atoms with van der Waals surface area (Å²) in [7, 11) is 0. The zero-order valence-electron chi connectivity index (χ0n) is 7.83. The van der Waals surface area contributed by atoms with Gasteiger partial charge in [-0.15, -0.1) is 0 Å². The fourth-order valence-corrected chi connectivity index (χ4v) is 1.37. The van der Waals surface area contributed by atoms with Crippen molar-refractivity contribution >= 4 is 21.9 Å². The predicted octanol–water partition coefficient (Wildman–Crippen LogP) is 1.77. The second kappa shape index (κ2) is 5.54. The van der Waals surface area contributed by atoms with Gasteiger partial charge in [0.05, 0.1) is 6.61 Å². The number of carboxylic acid groups (broad SMARTS) is 1. The summed E-state index contributed by atoms with van der Waals surface area (Å²) >= 11 is 3.28. The van der Waals surface area contributed by atoms with Crippen LogP contribution in [0.1, 0.15) is 17.5 Å². The highest BCUT2D eigenvalue weighted by molar-refractivity contribution is 9.10. The molecule has 78 valence electrons. The molecule has 0 bridgehead atoms. The van der Waals surface area contributed by atoms with Gasteiger partial charge in [-0.2, -0.15) is 0 Å². The first-order chi connectivity index (χ1) is 7.13. The van der Waals surface area contributed by atoms with Gasteiger partial charge in [0.1, 0.15) is 6.42 Å². The molecule has 0 saturated heterocycles. The SMILES string of the molecule is O=C(O)CC#Cc1ccc(Br)c(CO)c1. The molecule has 0 amide bonds. The van der Waals surface area contributed by atoms with Crippen molar-refractivity contribution < 1.29 is 15.0 Å². The number of carbonyl (C=O) groups is 1. The third-order valence-electron chi connectivity index (χ3n) is 1.69. The van der Waals surface area contributed by atoms with Crippen molar-refractivity contribution in [2.24, 2.45) is 0 Å². The maximum atomic E-state index is 10.2. The highest BCUT2D eigenvalue weighted by Gasteiger charge is 1.98. The molecule has 0 aliphatic heterocycles. The highest BCUT2D eigenvalue weighted by atomic mass is 79.9. The number of rotatable bonds is 2. The van der Waals surface area contributed by atoms with Gasteiger partial charge in [0, 0.05) is 10.0 Å². The van der Waals surface area contributed by atoms with Gasteiger partial charge in [-0.25, -0.2) is 0 Å². The lowest BCUT2D eigenvalue weighted by molar-refractivity contribution is -0.135. The van der Waals surface area contributed by atoms with E-state index in [4.69, 9.17) is 10.2 Å². The fraction of sp³-hybridized carbons (Fsp3) is 0.182. The summed E-state index contributed by atoms with van der Waals surface area (Å²) in [6, 6.07) is 5.26. The van der Waals surface area contributed by atoms with Gasteiger partial charge < -0.3 is 10.2 Å². The van der Waals surface area contributed by atoms with Crippen LogP contribution in [0.5, 0.6) is 0 Å². The zero-order chi connectivity index (χ0) is 11.3. The van der Waals surface area contributed by atoms with Gasteiger partial charge in [0.25, 0.3) is 0 Å². The van der Waals surface area contributed by atoms with E-state index in [0.717, 1.165) is 10.0 Å². The molecule has 0 aliphatic rings. The maximum Gasteiger partial charge on any atom is 0.315 e. The minimum Gasteiger partial charge on any atom is -0.481 e. The average molecular weight is 269 g/mol. The molecule has 0 spiro atoms. The summed E-state index contributed by atoms with van der Waals surface area (Å²) in [5, 5.41) is 17.4. The first kappa shape index (κ1) is 11.8. The number of carboxylic acids is 1. The zero-order valence-corrected chi connectivity index (χ0v) is 9.41. The Kier molecular flexibility index (Phi) is 4.35. The molecule has 0 aromatic heterocycles. The molecule has 0 aliphatic carbocycles. The molecule has 1 aromatic carbocycles. The van der Waals surface area contributed by atoms with Crippen LogP contribution in [0.4, 0.5) is 0 Å². The summed E-state index contributed by atoms with van der Waals surface area (Å²) in [4.78, 5) is 10.2. The Morgan fingerprint density at radius 3 is 2.80 bits per heavy atom. The van der Waals surface area contributed by atoms with Crippen molar-refractivity contribution in [1.82, 2.24) is 0 Å². The molecular formula is C11H9BrO3. The predicted molar refractivity (Wildman–Crippen MR) is 59.2 cm³/mol. The monoisotopic (exact) mass is 268 g/mol. The second-order valence-electron chi connectivity index (χ2n) is 2.84.